The van der Waals surface area contributed by atoms with Crippen LogP contribution in [0, 0.1) is 11.3 Å². The van der Waals surface area contributed by atoms with E-state index in [2.05, 4.69) is 5.32 Å². The summed E-state index contributed by atoms with van der Waals surface area (Å²) in [5.41, 5.74) is 0.433. The van der Waals surface area contributed by atoms with Gasteiger partial charge in [-0.15, -0.1) is 0 Å². The highest BCUT2D eigenvalue weighted by Gasteiger charge is 2.55. The van der Waals surface area contributed by atoms with Gasteiger partial charge in [0.15, 0.2) is 0 Å². The molecule has 4 nitrogen and oxygen atoms in total. The minimum Gasteiger partial charge on any atom is -0.345 e. The van der Waals surface area contributed by atoms with Gasteiger partial charge in [0.25, 0.3) is 0 Å². The van der Waals surface area contributed by atoms with Crippen LogP contribution in [0.3, 0.4) is 0 Å². The first kappa shape index (κ1) is 11.1. The average Bonchev–Trinajstić information content (AvgIpc) is 3.12. The lowest BCUT2D eigenvalue weighted by atomic mass is 9.99. The van der Waals surface area contributed by atoms with Crippen molar-refractivity contribution in [3.63, 3.8) is 0 Å². The smallest absolute Gasteiger partial charge is 0.244 e. The maximum atomic E-state index is 12.2. The molecule has 0 spiro atoms. The Morgan fingerprint density at radius 2 is 2.06 bits per heavy atom. The Kier molecular flexibility index (Phi) is 2.42. The number of amides is 2. The first-order chi connectivity index (χ1) is 8.11. The molecule has 1 aliphatic heterocycles. The van der Waals surface area contributed by atoms with E-state index in [0.29, 0.717) is 18.4 Å². The fourth-order valence-electron chi connectivity index (χ4n) is 3.08. The molecule has 1 heterocycles. The number of rotatable bonds is 3. The van der Waals surface area contributed by atoms with Crippen molar-refractivity contribution in [3.05, 3.63) is 0 Å². The molecular formula is C13H20N2O2. The second-order valence-electron chi connectivity index (χ2n) is 5.94. The molecule has 2 amide bonds. The summed E-state index contributed by atoms with van der Waals surface area (Å²) in [6.45, 7) is 3.27. The van der Waals surface area contributed by atoms with Gasteiger partial charge in [0.1, 0.15) is 6.04 Å². The van der Waals surface area contributed by atoms with E-state index in [0.717, 1.165) is 12.5 Å². The summed E-state index contributed by atoms with van der Waals surface area (Å²) < 4.78 is 0. The fraction of sp³-hybridized carbons (Fsp3) is 0.846. The molecule has 1 atom stereocenters. The normalized spacial score (nSPS) is 32.1. The summed E-state index contributed by atoms with van der Waals surface area (Å²) in [4.78, 5) is 25.5. The van der Waals surface area contributed by atoms with E-state index in [9.17, 15) is 9.59 Å². The third kappa shape index (κ3) is 2.05. The second-order valence-corrected chi connectivity index (χ2v) is 5.94. The molecule has 1 unspecified atom stereocenters. The van der Waals surface area contributed by atoms with Gasteiger partial charge in [0, 0.05) is 19.5 Å². The Morgan fingerprint density at radius 3 is 2.65 bits per heavy atom. The van der Waals surface area contributed by atoms with Gasteiger partial charge in [0.05, 0.1) is 0 Å². The van der Waals surface area contributed by atoms with E-state index in [1.165, 1.54) is 25.7 Å². The van der Waals surface area contributed by atoms with Gasteiger partial charge >= 0.3 is 0 Å². The predicted molar refractivity (Wildman–Crippen MR) is 63.2 cm³/mol. The van der Waals surface area contributed by atoms with Gasteiger partial charge in [-0.05, 0) is 43.9 Å². The van der Waals surface area contributed by atoms with E-state index in [-0.39, 0.29) is 17.9 Å². The van der Waals surface area contributed by atoms with Crippen LogP contribution in [0.1, 0.15) is 39.0 Å². The third-order valence-corrected chi connectivity index (χ3v) is 4.51. The molecule has 0 radical (unpaired) electrons. The molecule has 0 bridgehead atoms. The largest absolute Gasteiger partial charge is 0.345 e. The summed E-state index contributed by atoms with van der Waals surface area (Å²) in [6, 6.07) is -0.347. The van der Waals surface area contributed by atoms with Gasteiger partial charge in [-0.1, -0.05) is 0 Å². The SMILES string of the molecule is CC1NC(=O)CCN(CC2(C3CC3)CC2)C1=O. The Balaban J connectivity index is 1.68. The maximum Gasteiger partial charge on any atom is 0.244 e. The van der Waals surface area contributed by atoms with Crippen LogP contribution in [0.2, 0.25) is 0 Å². The molecule has 2 saturated carbocycles. The minimum atomic E-state index is -0.347. The Morgan fingerprint density at radius 1 is 1.35 bits per heavy atom. The quantitative estimate of drug-likeness (QED) is 0.792. The van der Waals surface area contributed by atoms with Gasteiger partial charge in [0.2, 0.25) is 11.8 Å². The zero-order valence-corrected chi connectivity index (χ0v) is 10.4. The molecule has 0 aromatic carbocycles. The van der Waals surface area contributed by atoms with Crippen LogP contribution >= 0.6 is 0 Å². The second kappa shape index (κ2) is 3.72. The number of carbonyl (C=O) groups is 2. The molecular weight excluding hydrogens is 216 g/mol. The van der Waals surface area contributed by atoms with Crippen molar-refractivity contribution in [2.45, 2.75) is 45.1 Å². The summed E-state index contributed by atoms with van der Waals surface area (Å²) in [7, 11) is 0. The third-order valence-electron chi connectivity index (χ3n) is 4.51. The van der Waals surface area contributed by atoms with Crippen molar-refractivity contribution in [1.29, 1.82) is 0 Å². The van der Waals surface area contributed by atoms with E-state index in [4.69, 9.17) is 0 Å². The van der Waals surface area contributed by atoms with Crippen LogP contribution in [-0.4, -0.2) is 35.8 Å². The number of carbonyl (C=O) groups excluding carboxylic acids is 2. The van der Waals surface area contributed by atoms with Crippen LogP contribution < -0.4 is 5.32 Å². The van der Waals surface area contributed by atoms with E-state index in [1.54, 1.807) is 6.92 Å². The highest BCUT2D eigenvalue weighted by atomic mass is 16.2. The average molecular weight is 236 g/mol. The van der Waals surface area contributed by atoms with Crippen molar-refractivity contribution in [1.82, 2.24) is 10.2 Å². The van der Waals surface area contributed by atoms with E-state index in [1.807, 2.05) is 4.90 Å². The minimum absolute atomic E-state index is 0.00428. The van der Waals surface area contributed by atoms with Crippen LogP contribution in [0.5, 0.6) is 0 Å². The lowest BCUT2D eigenvalue weighted by Gasteiger charge is -2.27. The molecule has 2 aliphatic carbocycles. The molecule has 94 valence electrons. The topological polar surface area (TPSA) is 49.4 Å². The van der Waals surface area contributed by atoms with Crippen LogP contribution in [0.15, 0.2) is 0 Å². The van der Waals surface area contributed by atoms with Gasteiger partial charge in [-0.3, -0.25) is 9.59 Å². The van der Waals surface area contributed by atoms with Crippen LogP contribution in [-0.2, 0) is 9.59 Å². The molecule has 1 saturated heterocycles. The zero-order valence-electron chi connectivity index (χ0n) is 10.4. The van der Waals surface area contributed by atoms with Crippen molar-refractivity contribution in [2.75, 3.05) is 13.1 Å². The Labute approximate surface area is 102 Å². The summed E-state index contributed by atoms with van der Waals surface area (Å²) in [5.74, 6) is 0.963. The van der Waals surface area contributed by atoms with Crippen molar-refractivity contribution in [3.8, 4) is 0 Å². The van der Waals surface area contributed by atoms with Gasteiger partial charge < -0.3 is 10.2 Å². The van der Waals surface area contributed by atoms with Crippen molar-refractivity contribution in [2.24, 2.45) is 11.3 Å². The lowest BCUT2D eigenvalue weighted by molar-refractivity contribution is -0.133. The van der Waals surface area contributed by atoms with Crippen molar-refractivity contribution < 1.29 is 9.59 Å². The Bertz CT molecular complexity index is 358. The summed E-state index contributed by atoms with van der Waals surface area (Å²) in [6.07, 6.45) is 5.69. The standard InChI is InChI=1S/C13H20N2O2/c1-9-12(17)15(7-4-11(16)14-9)8-13(5-6-13)10-2-3-10/h9-10H,2-8H2,1H3,(H,14,16). The van der Waals surface area contributed by atoms with Gasteiger partial charge in [-0.2, -0.15) is 0 Å². The zero-order chi connectivity index (χ0) is 12.0. The highest BCUT2D eigenvalue weighted by Crippen LogP contribution is 2.61. The number of hydrogen-bond acceptors (Lipinski definition) is 2. The fourth-order valence-corrected chi connectivity index (χ4v) is 3.08. The predicted octanol–water partition coefficient (Wildman–Crippen LogP) is 0.914. The molecule has 0 aromatic rings. The molecule has 3 aliphatic rings. The number of nitrogens with one attached hydrogen (secondary N) is 1. The highest BCUT2D eigenvalue weighted by molar-refractivity contribution is 5.89. The molecule has 3 rings (SSSR count). The van der Waals surface area contributed by atoms with Crippen LogP contribution in [0.4, 0.5) is 0 Å². The molecule has 1 N–H and O–H groups in total. The molecule has 3 fully saturated rings. The van der Waals surface area contributed by atoms with Crippen LogP contribution in [0.25, 0.3) is 0 Å². The number of nitrogens with zero attached hydrogens (tertiary/aromatic N) is 1. The van der Waals surface area contributed by atoms with E-state index < -0.39 is 0 Å². The molecule has 17 heavy (non-hydrogen) atoms. The maximum absolute atomic E-state index is 12.2. The summed E-state index contributed by atoms with van der Waals surface area (Å²) >= 11 is 0. The Hall–Kier alpha value is -1.06. The summed E-state index contributed by atoms with van der Waals surface area (Å²) in [5, 5.41) is 2.74. The molecule has 0 aromatic heterocycles. The van der Waals surface area contributed by atoms with Crippen molar-refractivity contribution >= 4 is 11.8 Å². The first-order valence-electron chi connectivity index (χ1n) is 6.69. The number of hydrogen-bond donors (Lipinski definition) is 1. The lowest BCUT2D eigenvalue weighted by Crippen LogP contribution is -2.44. The first-order valence-corrected chi connectivity index (χ1v) is 6.69. The van der Waals surface area contributed by atoms with Gasteiger partial charge in [-0.25, -0.2) is 0 Å². The monoisotopic (exact) mass is 236 g/mol. The van der Waals surface area contributed by atoms with E-state index >= 15 is 0 Å². The molecule has 4 heteroatoms.